The zero-order valence-corrected chi connectivity index (χ0v) is 26.5. The van der Waals surface area contributed by atoms with Crippen molar-refractivity contribution in [2.45, 2.75) is 62.8 Å². The minimum Gasteiger partial charge on any atom is -0.445 e. The third-order valence-electron chi connectivity index (χ3n) is 8.24. The van der Waals surface area contributed by atoms with E-state index in [9.17, 15) is 19.5 Å². The molecule has 1 aromatic heterocycles. The molecule has 6 rings (SSSR count). The second-order valence-electron chi connectivity index (χ2n) is 11.4. The van der Waals surface area contributed by atoms with E-state index in [4.69, 9.17) is 14.2 Å². The summed E-state index contributed by atoms with van der Waals surface area (Å²) in [6.07, 6.45) is -0.553. The smallest absolute Gasteiger partial charge is 0.408 e. The molecule has 0 radical (unpaired) electrons. The lowest BCUT2D eigenvalue weighted by Gasteiger charge is -2.41. The second kappa shape index (κ2) is 14.9. The third-order valence-corrected chi connectivity index (χ3v) is 9.21. The van der Waals surface area contributed by atoms with Crippen molar-refractivity contribution in [1.82, 2.24) is 25.4 Å². The summed E-state index contributed by atoms with van der Waals surface area (Å²) in [6.45, 7) is 2.17. The molecule has 47 heavy (non-hydrogen) atoms. The Bertz CT molecular complexity index is 1650. The van der Waals surface area contributed by atoms with Crippen LogP contribution in [-0.4, -0.2) is 61.0 Å². The maximum absolute atomic E-state index is 13.0. The number of likely N-dealkylation sites (tertiary alicyclic amines) is 1. The van der Waals surface area contributed by atoms with Crippen molar-refractivity contribution in [3.63, 3.8) is 0 Å². The number of aliphatic hydroxyl groups is 1. The molecule has 13 heteroatoms. The monoisotopic (exact) mass is 657 g/mol. The highest BCUT2D eigenvalue weighted by molar-refractivity contribution is 7.99. The first-order valence-corrected chi connectivity index (χ1v) is 16.3. The number of rotatable bonds is 11. The first kappa shape index (κ1) is 32.4. The molecule has 2 aliphatic rings. The quantitative estimate of drug-likeness (QED) is 0.156. The van der Waals surface area contributed by atoms with Crippen molar-refractivity contribution < 1.29 is 33.7 Å². The SMILES string of the molecule is C[C@H]1[C@@H](CSc2ncn[nH]2)O[C@@H](c2ccc(CN3C(=O)CC(NC(=O)OCc4ccccc4)C3=O)cc2)O[C@H]1c1ccc(CO)cc1. The van der Waals surface area contributed by atoms with Crippen molar-refractivity contribution in [1.29, 1.82) is 0 Å². The van der Waals surface area contributed by atoms with Crippen LogP contribution in [0.25, 0.3) is 0 Å². The number of aromatic nitrogens is 3. The number of hydrogen-bond acceptors (Lipinski definition) is 10. The second-order valence-corrected chi connectivity index (χ2v) is 12.5. The molecule has 244 valence electrons. The first-order chi connectivity index (χ1) is 22.9. The molecular formula is C34H35N5O7S. The highest BCUT2D eigenvalue weighted by atomic mass is 32.2. The topological polar surface area (TPSA) is 156 Å². The molecule has 0 bridgehead atoms. The molecule has 3 heterocycles. The highest BCUT2D eigenvalue weighted by Gasteiger charge is 2.40. The summed E-state index contributed by atoms with van der Waals surface area (Å²) in [5.41, 5.74) is 4.13. The number of alkyl carbamates (subject to hydrolysis) is 1. The van der Waals surface area contributed by atoms with Crippen LogP contribution in [0.1, 0.15) is 53.6 Å². The number of amides is 3. The average Bonchev–Trinajstić information content (AvgIpc) is 3.72. The van der Waals surface area contributed by atoms with Gasteiger partial charge in [-0.15, -0.1) is 0 Å². The van der Waals surface area contributed by atoms with Crippen molar-refractivity contribution in [3.8, 4) is 0 Å². The van der Waals surface area contributed by atoms with Crippen LogP contribution in [-0.2, 0) is 43.6 Å². The average molecular weight is 658 g/mol. The number of benzene rings is 3. The molecular weight excluding hydrogens is 622 g/mol. The van der Waals surface area contributed by atoms with Crippen LogP contribution in [0.15, 0.2) is 90.3 Å². The number of carbonyl (C=O) groups excluding carboxylic acids is 3. The molecule has 1 unspecified atom stereocenters. The van der Waals surface area contributed by atoms with E-state index in [2.05, 4.69) is 27.4 Å². The lowest BCUT2D eigenvalue weighted by atomic mass is 9.91. The summed E-state index contributed by atoms with van der Waals surface area (Å²) in [4.78, 5) is 43.4. The van der Waals surface area contributed by atoms with Gasteiger partial charge in [-0.3, -0.25) is 19.6 Å². The van der Waals surface area contributed by atoms with Gasteiger partial charge in [0.2, 0.25) is 5.91 Å². The summed E-state index contributed by atoms with van der Waals surface area (Å²) < 4.78 is 18.2. The van der Waals surface area contributed by atoms with Crippen molar-refractivity contribution in [2.75, 3.05) is 5.75 Å². The molecule has 2 saturated heterocycles. The zero-order valence-electron chi connectivity index (χ0n) is 25.7. The summed E-state index contributed by atoms with van der Waals surface area (Å²) in [7, 11) is 0. The van der Waals surface area contributed by atoms with Crippen molar-refractivity contribution in [3.05, 3.63) is 113 Å². The van der Waals surface area contributed by atoms with Crippen LogP contribution in [0.5, 0.6) is 0 Å². The van der Waals surface area contributed by atoms with E-state index in [0.717, 1.165) is 32.7 Å². The molecule has 0 spiro atoms. The molecule has 0 saturated carbocycles. The van der Waals surface area contributed by atoms with E-state index in [1.54, 1.807) is 0 Å². The van der Waals surface area contributed by atoms with Crippen molar-refractivity contribution >= 4 is 29.7 Å². The molecule has 4 aromatic rings. The van der Waals surface area contributed by atoms with Gasteiger partial charge in [0.25, 0.3) is 5.91 Å². The molecule has 2 fully saturated rings. The Hall–Kier alpha value is -4.56. The van der Waals surface area contributed by atoms with Crippen molar-refractivity contribution in [2.24, 2.45) is 5.92 Å². The molecule has 3 amide bonds. The minimum atomic E-state index is -0.980. The maximum atomic E-state index is 13.0. The predicted octanol–water partition coefficient (Wildman–Crippen LogP) is 4.43. The fourth-order valence-electron chi connectivity index (χ4n) is 5.57. The number of carbonyl (C=O) groups is 3. The number of thioether (sulfide) groups is 1. The normalized spacial score (nSPS) is 22.8. The van der Waals surface area contributed by atoms with Gasteiger partial charge in [0.1, 0.15) is 19.0 Å². The summed E-state index contributed by atoms with van der Waals surface area (Å²) in [5, 5.41) is 19.5. The fraction of sp³-hybridized carbons (Fsp3) is 0.324. The van der Waals surface area contributed by atoms with Gasteiger partial charge in [-0.1, -0.05) is 97.5 Å². The number of H-pyrrole nitrogens is 1. The fourth-order valence-corrected chi connectivity index (χ4v) is 6.51. The van der Waals surface area contributed by atoms with Crippen LogP contribution in [0.4, 0.5) is 4.79 Å². The minimum absolute atomic E-state index is 0.00490. The Morgan fingerprint density at radius 1 is 1.00 bits per heavy atom. The molecule has 0 aliphatic carbocycles. The lowest BCUT2D eigenvalue weighted by molar-refractivity contribution is -0.268. The molecule has 2 aliphatic heterocycles. The lowest BCUT2D eigenvalue weighted by Crippen LogP contribution is -2.41. The third kappa shape index (κ3) is 7.88. The Morgan fingerprint density at radius 2 is 1.72 bits per heavy atom. The van der Waals surface area contributed by atoms with Gasteiger partial charge in [-0.2, -0.15) is 5.10 Å². The number of aromatic amines is 1. The standard InChI is InChI=1S/C34H35N5O7S/c1-21-28(19-47-33-35-20-36-38-33)45-32(46-30(21)25-11-9-23(17-40)10-12-25)26-13-7-22(8-14-26)16-39-29(41)15-27(31(39)42)37-34(43)44-18-24-5-3-2-4-6-24/h2-14,20-21,27-28,30,32,40H,15-19H2,1H3,(H,37,43)(H,35,36,38)/t21-,27?,28+,30+,32+/m0/s1. The summed E-state index contributed by atoms with van der Waals surface area (Å²) >= 11 is 1.52. The van der Waals surface area contributed by atoms with Gasteiger partial charge >= 0.3 is 6.09 Å². The molecule has 3 N–H and O–H groups in total. The molecule has 5 atom stereocenters. The Balaban J connectivity index is 1.10. The largest absolute Gasteiger partial charge is 0.445 e. The van der Waals surface area contributed by atoms with Crippen LogP contribution >= 0.6 is 11.8 Å². The van der Waals surface area contributed by atoms with E-state index in [1.165, 1.54) is 18.1 Å². The van der Waals surface area contributed by atoms with Gasteiger partial charge in [0.15, 0.2) is 11.4 Å². The van der Waals surface area contributed by atoms with E-state index >= 15 is 0 Å². The van der Waals surface area contributed by atoms with Gasteiger partial charge in [-0.05, 0) is 22.3 Å². The predicted molar refractivity (Wildman–Crippen MR) is 170 cm³/mol. The number of nitrogens with zero attached hydrogens (tertiary/aromatic N) is 3. The maximum Gasteiger partial charge on any atom is 0.408 e. The van der Waals surface area contributed by atoms with Crippen LogP contribution < -0.4 is 5.32 Å². The van der Waals surface area contributed by atoms with E-state index in [-0.39, 0.29) is 50.2 Å². The number of aliphatic hydroxyl groups excluding tert-OH is 1. The zero-order chi connectivity index (χ0) is 32.8. The molecule has 12 nitrogen and oxygen atoms in total. The van der Waals surface area contributed by atoms with Gasteiger partial charge < -0.3 is 24.6 Å². The molecule has 3 aromatic carbocycles. The van der Waals surface area contributed by atoms with E-state index < -0.39 is 24.3 Å². The summed E-state index contributed by atoms with van der Waals surface area (Å²) in [6, 6.07) is 23.3. The van der Waals surface area contributed by atoms with E-state index in [1.807, 2.05) is 78.9 Å². The Labute approximate surface area is 275 Å². The number of imide groups is 1. The van der Waals surface area contributed by atoms with Gasteiger partial charge in [0, 0.05) is 17.2 Å². The highest BCUT2D eigenvalue weighted by Crippen LogP contribution is 2.42. The van der Waals surface area contributed by atoms with E-state index in [0.29, 0.717) is 10.9 Å². The van der Waals surface area contributed by atoms with Gasteiger partial charge in [0.05, 0.1) is 31.8 Å². The van der Waals surface area contributed by atoms with Crippen LogP contribution in [0.2, 0.25) is 0 Å². The first-order valence-electron chi connectivity index (χ1n) is 15.3. The number of hydrogen-bond donors (Lipinski definition) is 3. The number of nitrogens with one attached hydrogen (secondary N) is 2. The number of ether oxygens (including phenoxy) is 3. The van der Waals surface area contributed by atoms with Crippen LogP contribution in [0.3, 0.4) is 0 Å². The summed E-state index contributed by atoms with van der Waals surface area (Å²) in [5.74, 6) is -0.230. The Kier molecular flexibility index (Phi) is 10.3. The van der Waals surface area contributed by atoms with Crippen LogP contribution in [0, 0.1) is 5.92 Å². The Morgan fingerprint density at radius 3 is 2.43 bits per heavy atom. The van der Waals surface area contributed by atoms with Gasteiger partial charge in [-0.25, -0.2) is 9.78 Å².